The summed E-state index contributed by atoms with van der Waals surface area (Å²) in [6.45, 7) is 9.38. The summed E-state index contributed by atoms with van der Waals surface area (Å²) in [5.41, 5.74) is 24.5. The molecule has 1 heterocycles. The average Bonchev–Trinajstić information content (AvgIpc) is 2.61. The third-order valence-electron chi connectivity index (χ3n) is 5.79. The minimum Gasteiger partial charge on any atom is -0.487 e. The zero-order valence-electron chi connectivity index (χ0n) is 18.3. The number of primary amides is 1. The highest BCUT2D eigenvalue weighted by atomic mass is 32.2. The molecule has 0 radical (unpaired) electrons. The number of aliphatic imine (C=N–C) groups is 1. The Balaban J connectivity index is 2.65. The van der Waals surface area contributed by atoms with Crippen LogP contribution in [0.25, 0.3) is 0 Å². The van der Waals surface area contributed by atoms with Crippen molar-refractivity contribution in [2.45, 2.75) is 75.7 Å². The van der Waals surface area contributed by atoms with E-state index in [0.717, 1.165) is 23.3 Å². The number of guanidine groups is 1. The van der Waals surface area contributed by atoms with Crippen molar-refractivity contribution in [2.75, 3.05) is 6.54 Å². The molecule has 2 atom stereocenters. The van der Waals surface area contributed by atoms with Crippen molar-refractivity contribution in [1.29, 1.82) is 0 Å². The smallest absolute Gasteiger partial charge is 0.235 e. The van der Waals surface area contributed by atoms with Crippen LogP contribution in [0.2, 0.25) is 0 Å². The zero-order valence-corrected chi connectivity index (χ0v) is 19.1. The highest BCUT2D eigenvalue weighted by molar-refractivity contribution is 7.92. The minimum absolute atomic E-state index is 0.00648. The number of sulfone groups is 1. The van der Waals surface area contributed by atoms with Gasteiger partial charge in [0.1, 0.15) is 17.4 Å². The van der Waals surface area contributed by atoms with Gasteiger partial charge in [0.05, 0.1) is 10.1 Å². The molecule has 1 aromatic carbocycles. The molecule has 0 fully saturated rings. The molecule has 0 bridgehead atoms. The molecule has 1 amide bonds. The molecule has 0 saturated carbocycles. The maximum Gasteiger partial charge on any atom is 0.235 e. The Morgan fingerprint density at radius 1 is 1.13 bits per heavy atom. The van der Waals surface area contributed by atoms with Crippen LogP contribution < -0.4 is 27.7 Å². The first-order chi connectivity index (χ1) is 13.7. The Kier molecular flexibility index (Phi) is 6.72. The van der Waals surface area contributed by atoms with Crippen molar-refractivity contribution in [1.82, 2.24) is 0 Å². The SMILES string of the molecule is Cc1c(C)c(S(=O)(=O)C(CCN=C(N)N)[C@H](N)C(N)=O)c(C)c2c1OC(C)(C)CC2. The highest BCUT2D eigenvalue weighted by Crippen LogP contribution is 2.43. The summed E-state index contributed by atoms with van der Waals surface area (Å²) < 4.78 is 33.6. The normalized spacial score (nSPS) is 17.4. The van der Waals surface area contributed by atoms with E-state index >= 15 is 0 Å². The molecule has 2 rings (SSSR count). The van der Waals surface area contributed by atoms with Crippen LogP contribution in [0.15, 0.2) is 9.89 Å². The van der Waals surface area contributed by atoms with Gasteiger partial charge in [-0.3, -0.25) is 9.79 Å². The number of nitrogens with zero attached hydrogens (tertiary/aromatic N) is 1. The van der Waals surface area contributed by atoms with Gasteiger partial charge in [0.25, 0.3) is 0 Å². The molecule has 10 heteroatoms. The maximum atomic E-state index is 13.7. The maximum absolute atomic E-state index is 13.7. The molecular weight excluding hydrogens is 406 g/mol. The van der Waals surface area contributed by atoms with Gasteiger partial charge >= 0.3 is 0 Å². The van der Waals surface area contributed by atoms with E-state index in [-0.39, 0.29) is 29.4 Å². The predicted molar refractivity (Wildman–Crippen MR) is 117 cm³/mol. The van der Waals surface area contributed by atoms with Gasteiger partial charge in [-0.2, -0.15) is 0 Å². The molecule has 30 heavy (non-hydrogen) atoms. The number of hydrogen-bond donors (Lipinski definition) is 4. The number of benzene rings is 1. The Labute approximate surface area is 178 Å². The van der Waals surface area contributed by atoms with Crippen molar-refractivity contribution < 1.29 is 17.9 Å². The van der Waals surface area contributed by atoms with Crippen molar-refractivity contribution >= 4 is 21.7 Å². The van der Waals surface area contributed by atoms with Crippen LogP contribution in [0.5, 0.6) is 5.75 Å². The first-order valence-electron chi connectivity index (χ1n) is 9.86. The van der Waals surface area contributed by atoms with E-state index in [1.54, 1.807) is 13.8 Å². The summed E-state index contributed by atoms with van der Waals surface area (Å²) in [5, 5.41) is -1.26. The lowest BCUT2D eigenvalue weighted by atomic mass is 9.88. The first-order valence-corrected chi connectivity index (χ1v) is 11.4. The van der Waals surface area contributed by atoms with E-state index in [1.807, 2.05) is 20.8 Å². The fourth-order valence-corrected chi connectivity index (χ4v) is 6.33. The minimum atomic E-state index is -4.02. The topological polar surface area (TPSA) is 177 Å². The Morgan fingerprint density at radius 2 is 1.73 bits per heavy atom. The lowest BCUT2D eigenvalue weighted by Crippen LogP contribution is -2.50. The fraction of sp³-hybridized carbons (Fsp3) is 0.600. The second kappa shape index (κ2) is 8.43. The monoisotopic (exact) mass is 439 g/mol. The molecule has 0 aliphatic carbocycles. The molecule has 0 saturated heterocycles. The molecule has 1 unspecified atom stereocenters. The van der Waals surface area contributed by atoms with E-state index in [2.05, 4.69) is 4.99 Å². The molecular formula is C20H33N5O4S. The molecule has 1 aliphatic rings. The molecule has 1 aliphatic heterocycles. The van der Waals surface area contributed by atoms with Crippen LogP contribution in [0.1, 0.15) is 48.9 Å². The van der Waals surface area contributed by atoms with Gasteiger partial charge in [0.2, 0.25) is 5.91 Å². The largest absolute Gasteiger partial charge is 0.487 e. The summed E-state index contributed by atoms with van der Waals surface area (Å²) in [6.07, 6.45) is 1.42. The van der Waals surface area contributed by atoms with Crippen molar-refractivity contribution in [3.8, 4) is 5.75 Å². The zero-order chi connectivity index (χ0) is 23.0. The van der Waals surface area contributed by atoms with Gasteiger partial charge in [0.15, 0.2) is 15.8 Å². The Bertz CT molecular complexity index is 982. The summed E-state index contributed by atoms with van der Waals surface area (Å²) >= 11 is 0. The van der Waals surface area contributed by atoms with Gasteiger partial charge in [-0.1, -0.05) is 0 Å². The Morgan fingerprint density at radius 3 is 2.27 bits per heavy atom. The lowest BCUT2D eigenvalue weighted by Gasteiger charge is -2.36. The van der Waals surface area contributed by atoms with Crippen LogP contribution in [0.4, 0.5) is 0 Å². The van der Waals surface area contributed by atoms with Crippen LogP contribution >= 0.6 is 0 Å². The number of ether oxygens (including phenoxy) is 1. The fourth-order valence-electron chi connectivity index (χ4n) is 3.96. The van der Waals surface area contributed by atoms with E-state index in [0.29, 0.717) is 17.5 Å². The second-order valence-corrected chi connectivity index (χ2v) is 10.6. The number of carbonyl (C=O) groups is 1. The summed E-state index contributed by atoms with van der Waals surface area (Å²) in [7, 11) is -4.02. The van der Waals surface area contributed by atoms with Gasteiger partial charge in [0, 0.05) is 6.54 Å². The van der Waals surface area contributed by atoms with Crippen molar-refractivity contribution in [3.63, 3.8) is 0 Å². The Hall–Kier alpha value is -2.33. The molecule has 0 aromatic heterocycles. The number of carbonyl (C=O) groups excluding carboxylic acids is 1. The average molecular weight is 440 g/mol. The number of amides is 1. The predicted octanol–water partition coefficient (Wildman–Crippen LogP) is 0.334. The summed E-state index contributed by atoms with van der Waals surface area (Å²) in [4.78, 5) is 15.8. The molecule has 8 N–H and O–H groups in total. The van der Waals surface area contributed by atoms with E-state index in [4.69, 9.17) is 27.7 Å². The van der Waals surface area contributed by atoms with Crippen LogP contribution in [0, 0.1) is 20.8 Å². The molecule has 1 aromatic rings. The number of fused-ring (bicyclic) bond motifs is 1. The van der Waals surface area contributed by atoms with E-state index in [9.17, 15) is 13.2 Å². The molecule has 9 nitrogen and oxygen atoms in total. The van der Waals surface area contributed by atoms with Crippen molar-refractivity contribution in [2.24, 2.45) is 27.9 Å². The van der Waals surface area contributed by atoms with Gasteiger partial charge in [-0.25, -0.2) is 8.42 Å². The number of nitrogens with two attached hydrogens (primary N) is 4. The van der Waals surface area contributed by atoms with Gasteiger partial charge in [-0.05, 0) is 76.1 Å². The number of rotatable bonds is 7. The standard InChI is InChI=1S/C20H33N5O4S/c1-10-11(2)17(12(3)13-6-8-20(4,5)29-16(10)13)30(27,28)14(15(21)18(22)26)7-9-25-19(23)24/h14-15H,6-9,21H2,1-5H3,(H2,22,26)(H4,23,24,25)/t14?,15-/m0/s1. The van der Waals surface area contributed by atoms with Gasteiger partial charge < -0.3 is 27.7 Å². The summed E-state index contributed by atoms with van der Waals surface area (Å²) in [5.74, 6) is -0.338. The van der Waals surface area contributed by atoms with Crippen molar-refractivity contribution in [3.05, 3.63) is 22.3 Å². The third-order valence-corrected chi connectivity index (χ3v) is 8.29. The third kappa shape index (κ3) is 4.54. The second-order valence-electron chi connectivity index (χ2n) is 8.48. The molecule has 168 valence electrons. The lowest BCUT2D eigenvalue weighted by molar-refractivity contribution is -0.119. The van der Waals surface area contributed by atoms with E-state index in [1.165, 1.54) is 0 Å². The van der Waals surface area contributed by atoms with Gasteiger partial charge in [-0.15, -0.1) is 0 Å². The summed E-state index contributed by atoms with van der Waals surface area (Å²) in [6, 6.07) is -1.39. The van der Waals surface area contributed by atoms with Crippen LogP contribution in [-0.4, -0.2) is 43.7 Å². The quantitative estimate of drug-likeness (QED) is 0.349. The van der Waals surface area contributed by atoms with E-state index < -0.39 is 27.0 Å². The van der Waals surface area contributed by atoms with Crippen LogP contribution in [-0.2, 0) is 21.1 Å². The first kappa shape index (κ1) is 23.9. The molecule has 0 spiro atoms. The number of hydrogen-bond acceptors (Lipinski definition) is 6. The highest BCUT2D eigenvalue weighted by Gasteiger charge is 2.40. The van der Waals surface area contributed by atoms with Crippen LogP contribution in [0.3, 0.4) is 0 Å².